The Kier molecular flexibility index (Phi) is 7.40. The van der Waals surface area contributed by atoms with Crippen LogP contribution in [0.2, 0.25) is 0 Å². The molecule has 0 spiro atoms. The van der Waals surface area contributed by atoms with Gasteiger partial charge in [0.1, 0.15) is 18.2 Å². The van der Waals surface area contributed by atoms with Gasteiger partial charge in [-0.2, -0.15) is 4.31 Å². The fourth-order valence-corrected chi connectivity index (χ4v) is 4.74. The van der Waals surface area contributed by atoms with Gasteiger partial charge in [0.05, 0.1) is 11.4 Å². The van der Waals surface area contributed by atoms with Crippen molar-refractivity contribution in [3.05, 3.63) is 54.3 Å². The first-order valence-corrected chi connectivity index (χ1v) is 11.3. The van der Waals surface area contributed by atoms with Gasteiger partial charge in [-0.1, -0.05) is 6.42 Å². The third kappa shape index (κ3) is 6.12. The van der Waals surface area contributed by atoms with E-state index >= 15 is 0 Å². The predicted octanol–water partition coefficient (Wildman–Crippen LogP) is 3.37. The summed E-state index contributed by atoms with van der Waals surface area (Å²) >= 11 is 5.18. The van der Waals surface area contributed by atoms with E-state index < -0.39 is 10.0 Å². The highest BCUT2D eigenvalue weighted by Crippen LogP contribution is 2.22. The lowest BCUT2D eigenvalue weighted by molar-refractivity contribution is 0.322. The number of benzene rings is 2. The van der Waals surface area contributed by atoms with Crippen LogP contribution in [-0.2, 0) is 10.0 Å². The molecule has 2 aromatic rings. The second kappa shape index (κ2) is 10.00. The van der Waals surface area contributed by atoms with Gasteiger partial charge >= 0.3 is 0 Å². The molecule has 0 saturated carbocycles. The van der Waals surface area contributed by atoms with Gasteiger partial charge in [0.2, 0.25) is 10.0 Å². The SMILES string of the molecule is O=S(=O)(c1ccc(OCCNC(=S)Nc2ccc(F)cc2)cc1)N1CCCCC1. The number of nitrogens with zero attached hydrogens (tertiary/aromatic N) is 1. The zero-order valence-electron chi connectivity index (χ0n) is 15.9. The molecule has 6 nitrogen and oxygen atoms in total. The zero-order chi connectivity index (χ0) is 20.7. The molecule has 1 heterocycles. The first kappa shape index (κ1) is 21.5. The van der Waals surface area contributed by atoms with E-state index in [1.54, 1.807) is 40.7 Å². The maximum atomic E-state index is 12.9. The summed E-state index contributed by atoms with van der Waals surface area (Å²) in [5.74, 6) is 0.277. The van der Waals surface area contributed by atoms with Gasteiger partial charge in [0, 0.05) is 18.8 Å². The van der Waals surface area contributed by atoms with Crippen molar-refractivity contribution in [3.63, 3.8) is 0 Å². The number of sulfonamides is 1. The Morgan fingerprint density at radius 3 is 2.34 bits per heavy atom. The lowest BCUT2D eigenvalue weighted by Crippen LogP contribution is -2.35. The van der Waals surface area contributed by atoms with Gasteiger partial charge in [-0.3, -0.25) is 0 Å². The molecule has 1 aliphatic heterocycles. The van der Waals surface area contributed by atoms with Crippen molar-refractivity contribution < 1.29 is 17.5 Å². The standard InChI is InChI=1S/C20H24FN3O3S2/c21-16-4-6-17(7-5-16)23-20(28)22-12-15-27-18-8-10-19(11-9-18)29(25,26)24-13-2-1-3-14-24/h4-11H,1-3,12-15H2,(H2,22,23,28). The Morgan fingerprint density at radius 1 is 1.03 bits per heavy atom. The average Bonchev–Trinajstić information content (AvgIpc) is 2.74. The van der Waals surface area contributed by atoms with Crippen molar-refractivity contribution in [2.24, 2.45) is 0 Å². The minimum Gasteiger partial charge on any atom is -0.492 e. The summed E-state index contributed by atoms with van der Waals surface area (Å²) in [4.78, 5) is 0.287. The van der Waals surface area contributed by atoms with Crippen LogP contribution in [0.3, 0.4) is 0 Å². The summed E-state index contributed by atoms with van der Waals surface area (Å²) in [5, 5.41) is 6.35. The zero-order valence-corrected chi connectivity index (χ0v) is 17.6. The van der Waals surface area contributed by atoms with Gasteiger partial charge in [-0.15, -0.1) is 0 Å². The Labute approximate surface area is 176 Å². The van der Waals surface area contributed by atoms with Crippen LogP contribution < -0.4 is 15.4 Å². The van der Waals surface area contributed by atoms with E-state index in [1.807, 2.05) is 0 Å². The lowest BCUT2D eigenvalue weighted by atomic mass is 10.2. The van der Waals surface area contributed by atoms with Crippen LogP contribution in [0.5, 0.6) is 5.75 Å². The number of rotatable bonds is 7. The number of hydrogen-bond acceptors (Lipinski definition) is 4. The van der Waals surface area contributed by atoms with Crippen LogP contribution in [-0.4, -0.2) is 44.1 Å². The molecule has 1 saturated heterocycles. The summed E-state index contributed by atoms with van der Waals surface area (Å²) in [5.41, 5.74) is 0.690. The first-order chi connectivity index (χ1) is 13.9. The molecule has 29 heavy (non-hydrogen) atoms. The summed E-state index contributed by atoms with van der Waals surface area (Å²) in [6, 6.07) is 12.4. The highest BCUT2D eigenvalue weighted by Gasteiger charge is 2.25. The van der Waals surface area contributed by atoms with Crippen LogP contribution in [0.25, 0.3) is 0 Å². The number of piperidine rings is 1. The molecule has 0 amide bonds. The van der Waals surface area contributed by atoms with E-state index in [4.69, 9.17) is 17.0 Å². The van der Waals surface area contributed by atoms with E-state index in [2.05, 4.69) is 10.6 Å². The second-order valence-corrected chi connectivity index (χ2v) is 9.02. The Bertz CT molecular complexity index is 913. The number of thiocarbonyl (C=S) groups is 1. The number of halogens is 1. The van der Waals surface area contributed by atoms with Gasteiger partial charge in [0.25, 0.3) is 0 Å². The van der Waals surface area contributed by atoms with Crippen molar-refractivity contribution in [3.8, 4) is 5.75 Å². The topological polar surface area (TPSA) is 70.7 Å². The Morgan fingerprint density at radius 2 is 1.69 bits per heavy atom. The monoisotopic (exact) mass is 437 g/mol. The number of anilines is 1. The summed E-state index contributed by atoms with van der Waals surface area (Å²) in [6.45, 7) is 1.97. The largest absolute Gasteiger partial charge is 0.492 e. The van der Waals surface area contributed by atoms with E-state index in [1.165, 1.54) is 12.1 Å². The van der Waals surface area contributed by atoms with E-state index in [-0.39, 0.29) is 10.7 Å². The number of ether oxygens (including phenoxy) is 1. The quantitative estimate of drug-likeness (QED) is 0.511. The molecular formula is C20H24FN3O3S2. The molecule has 2 aromatic carbocycles. The Balaban J connectivity index is 1.43. The molecule has 9 heteroatoms. The third-order valence-corrected chi connectivity index (χ3v) is 6.69. The highest BCUT2D eigenvalue weighted by atomic mass is 32.2. The van der Waals surface area contributed by atoms with Crippen LogP contribution in [0.15, 0.2) is 53.4 Å². The second-order valence-electron chi connectivity index (χ2n) is 6.67. The molecule has 156 valence electrons. The lowest BCUT2D eigenvalue weighted by Gasteiger charge is -2.25. The third-order valence-electron chi connectivity index (χ3n) is 4.53. The van der Waals surface area contributed by atoms with Gasteiger partial charge < -0.3 is 15.4 Å². The minimum atomic E-state index is -3.43. The average molecular weight is 438 g/mol. The normalized spacial score (nSPS) is 14.9. The van der Waals surface area contributed by atoms with Crippen LogP contribution in [0, 0.1) is 5.82 Å². The van der Waals surface area contributed by atoms with E-state index in [9.17, 15) is 12.8 Å². The molecule has 3 rings (SSSR count). The highest BCUT2D eigenvalue weighted by molar-refractivity contribution is 7.89. The molecule has 0 aromatic heterocycles. The van der Waals surface area contributed by atoms with Gasteiger partial charge in [-0.25, -0.2) is 12.8 Å². The van der Waals surface area contributed by atoms with Crippen molar-refractivity contribution in [2.45, 2.75) is 24.2 Å². The van der Waals surface area contributed by atoms with Gasteiger partial charge in [-0.05, 0) is 73.6 Å². The minimum absolute atomic E-state index is 0.287. The smallest absolute Gasteiger partial charge is 0.243 e. The summed E-state index contributed by atoms with van der Waals surface area (Å²) < 4.78 is 45.3. The van der Waals surface area contributed by atoms with Crippen molar-refractivity contribution >= 4 is 33.0 Å². The summed E-state index contributed by atoms with van der Waals surface area (Å²) in [6.07, 6.45) is 2.90. The van der Waals surface area contributed by atoms with Crippen LogP contribution in [0.1, 0.15) is 19.3 Å². The maximum absolute atomic E-state index is 12.9. The fraction of sp³-hybridized carbons (Fsp3) is 0.350. The summed E-state index contributed by atoms with van der Waals surface area (Å²) in [7, 11) is -3.43. The molecule has 1 aliphatic rings. The molecule has 0 radical (unpaired) electrons. The molecule has 0 unspecified atom stereocenters. The van der Waals surface area contributed by atoms with Crippen molar-refractivity contribution in [1.82, 2.24) is 9.62 Å². The first-order valence-electron chi connectivity index (χ1n) is 9.48. The predicted molar refractivity (Wildman–Crippen MR) is 115 cm³/mol. The molecule has 2 N–H and O–H groups in total. The van der Waals surface area contributed by atoms with Crippen molar-refractivity contribution in [1.29, 1.82) is 0 Å². The molecule has 0 atom stereocenters. The van der Waals surface area contributed by atoms with Gasteiger partial charge in [0.15, 0.2) is 5.11 Å². The van der Waals surface area contributed by atoms with Crippen molar-refractivity contribution in [2.75, 3.05) is 31.6 Å². The van der Waals surface area contributed by atoms with E-state index in [0.717, 1.165) is 19.3 Å². The van der Waals surface area contributed by atoms with Crippen LogP contribution in [0.4, 0.5) is 10.1 Å². The molecule has 0 bridgehead atoms. The maximum Gasteiger partial charge on any atom is 0.243 e. The fourth-order valence-electron chi connectivity index (χ4n) is 3.00. The van der Waals surface area contributed by atoms with E-state index in [0.29, 0.717) is 42.8 Å². The molecular weight excluding hydrogens is 413 g/mol. The number of hydrogen-bond donors (Lipinski definition) is 2. The molecule has 0 aliphatic carbocycles. The van der Waals surface area contributed by atoms with Crippen LogP contribution >= 0.6 is 12.2 Å². The Hall–Kier alpha value is -2.23. The number of nitrogens with one attached hydrogen (secondary N) is 2. The molecule has 1 fully saturated rings.